The van der Waals surface area contributed by atoms with Gasteiger partial charge in [0.15, 0.2) is 0 Å². The number of methoxy groups -OCH3 is 1. The van der Waals surface area contributed by atoms with Gasteiger partial charge in [-0.05, 0) is 48.9 Å². The highest BCUT2D eigenvalue weighted by Gasteiger charge is 2.40. The highest BCUT2D eigenvalue weighted by molar-refractivity contribution is 7.09. The van der Waals surface area contributed by atoms with Crippen LogP contribution in [0.25, 0.3) is 10.9 Å². The van der Waals surface area contributed by atoms with E-state index in [1.54, 1.807) is 17.9 Å². The number of thiophene rings is 1. The van der Waals surface area contributed by atoms with Crippen molar-refractivity contribution in [1.82, 2.24) is 14.9 Å². The summed E-state index contributed by atoms with van der Waals surface area (Å²) in [5.41, 5.74) is 2.79. The van der Waals surface area contributed by atoms with E-state index in [9.17, 15) is 9.59 Å². The molecule has 1 aromatic carbocycles. The van der Waals surface area contributed by atoms with Gasteiger partial charge in [0.2, 0.25) is 0 Å². The number of aromatic amines is 1. The lowest BCUT2D eigenvalue weighted by atomic mass is 9.73. The van der Waals surface area contributed by atoms with E-state index < -0.39 is 0 Å². The predicted molar refractivity (Wildman–Crippen MR) is 118 cm³/mol. The first-order valence-corrected chi connectivity index (χ1v) is 10.7. The van der Waals surface area contributed by atoms with Crippen LogP contribution in [-0.4, -0.2) is 29.2 Å². The average Bonchev–Trinajstić information content (AvgIpc) is 3.34. The zero-order valence-electron chi connectivity index (χ0n) is 16.1. The number of fused-ring (bicyclic) bond motifs is 4. The van der Waals surface area contributed by atoms with E-state index >= 15 is 0 Å². The molecule has 29 heavy (non-hydrogen) atoms. The van der Waals surface area contributed by atoms with Crippen LogP contribution in [0, 0.1) is 5.92 Å². The van der Waals surface area contributed by atoms with E-state index in [1.165, 1.54) is 27.0 Å². The molecular formula is C21H24ClN3O3S. The number of ether oxygens (including phenoxy) is 1. The maximum atomic E-state index is 12.7. The Morgan fingerprint density at radius 3 is 2.97 bits per heavy atom. The number of benzene rings is 1. The second-order valence-corrected chi connectivity index (χ2v) is 8.49. The Morgan fingerprint density at radius 2 is 2.14 bits per heavy atom. The molecule has 1 saturated heterocycles. The number of H-pyrrole nitrogens is 1. The van der Waals surface area contributed by atoms with E-state index in [0.717, 1.165) is 31.6 Å². The van der Waals surface area contributed by atoms with Crippen molar-refractivity contribution in [3.63, 3.8) is 0 Å². The molecule has 0 amide bonds. The summed E-state index contributed by atoms with van der Waals surface area (Å²) in [6.07, 6.45) is 2.93. The molecule has 1 aliphatic heterocycles. The van der Waals surface area contributed by atoms with Gasteiger partial charge in [-0.15, -0.1) is 23.7 Å². The molecule has 3 unspecified atom stereocenters. The summed E-state index contributed by atoms with van der Waals surface area (Å²) in [7, 11) is 1.73. The fourth-order valence-corrected chi connectivity index (χ4v) is 5.81. The van der Waals surface area contributed by atoms with Gasteiger partial charge in [-0.3, -0.25) is 9.36 Å². The van der Waals surface area contributed by atoms with Crippen molar-refractivity contribution >= 4 is 34.6 Å². The lowest BCUT2D eigenvalue weighted by molar-refractivity contribution is 0.371. The van der Waals surface area contributed by atoms with Crippen LogP contribution in [0.3, 0.4) is 0 Å². The van der Waals surface area contributed by atoms with Crippen LogP contribution < -0.4 is 21.3 Å². The van der Waals surface area contributed by atoms with Crippen LogP contribution in [0.2, 0.25) is 0 Å². The van der Waals surface area contributed by atoms with Crippen LogP contribution >= 0.6 is 23.7 Å². The molecular weight excluding hydrogens is 410 g/mol. The van der Waals surface area contributed by atoms with E-state index in [-0.39, 0.29) is 29.7 Å². The molecule has 3 atom stereocenters. The monoisotopic (exact) mass is 433 g/mol. The molecule has 154 valence electrons. The lowest BCUT2D eigenvalue weighted by Gasteiger charge is -2.32. The zero-order chi connectivity index (χ0) is 19.3. The summed E-state index contributed by atoms with van der Waals surface area (Å²) in [5, 5.41) is 7.85. The minimum atomic E-state index is -0.323. The third-order valence-corrected chi connectivity index (χ3v) is 7.13. The Morgan fingerprint density at radius 1 is 1.28 bits per heavy atom. The van der Waals surface area contributed by atoms with Crippen LogP contribution in [0.15, 0.2) is 38.5 Å². The fourth-order valence-electron chi connectivity index (χ4n) is 5.05. The van der Waals surface area contributed by atoms with Crippen molar-refractivity contribution in [1.29, 1.82) is 0 Å². The van der Waals surface area contributed by atoms with E-state index in [2.05, 4.69) is 22.4 Å². The van der Waals surface area contributed by atoms with Crippen LogP contribution in [0.5, 0.6) is 5.75 Å². The molecule has 0 saturated carbocycles. The second kappa shape index (κ2) is 7.97. The molecule has 2 aromatic heterocycles. The summed E-state index contributed by atoms with van der Waals surface area (Å²) in [6.45, 7) is 1.40. The highest BCUT2D eigenvalue weighted by Crippen LogP contribution is 2.45. The van der Waals surface area contributed by atoms with Gasteiger partial charge in [-0.25, -0.2) is 4.79 Å². The van der Waals surface area contributed by atoms with Crippen molar-refractivity contribution in [3.8, 4) is 5.75 Å². The van der Waals surface area contributed by atoms with E-state index in [4.69, 9.17) is 4.74 Å². The van der Waals surface area contributed by atoms with Crippen molar-refractivity contribution in [2.24, 2.45) is 5.92 Å². The first kappa shape index (κ1) is 20.2. The molecule has 0 spiro atoms. The topological polar surface area (TPSA) is 76.1 Å². The molecule has 3 heterocycles. The van der Waals surface area contributed by atoms with Gasteiger partial charge in [0.25, 0.3) is 5.56 Å². The average molecular weight is 434 g/mol. The third kappa shape index (κ3) is 3.31. The molecule has 1 fully saturated rings. The SMILES string of the molecule is COc1cccc2c1CCC1CNC(CCn3c(=O)[nH]c4cscc4c3=O)C21.Cl. The largest absolute Gasteiger partial charge is 0.496 e. The summed E-state index contributed by atoms with van der Waals surface area (Å²) in [4.78, 5) is 27.9. The Hall–Kier alpha value is -2.09. The maximum absolute atomic E-state index is 12.7. The zero-order valence-corrected chi connectivity index (χ0v) is 17.8. The standard InChI is InChI=1S/C21H23N3O3S.ClH/c1-27-18-4-2-3-14-13(18)6-5-12-9-22-16(19(12)14)7-8-24-20(25)15-10-28-11-17(15)23-21(24)26;/h2-4,10-12,16,19,22H,5-9H2,1H3,(H,23,26);1H. The van der Waals surface area contributed by atoms with Crippen LogP contribution in [-0.2, 0) is 13.0 Å². The number of nitrogens with zero attached hydrogens (tertiary/aromatic N) is 1. The highest BCUT2D eigenvalue weighted by atomic mass is 35.5. The quantitative estimate of drug-likeness (QED) is 0.663. The summed E-state index contributed by atoms with van der Waals surface area (Å²) in [5.74, 6) is 1.97. The third-order valence-electron chi connectivity index (χ3n) is 6.39. The Balaban J connectivity index is 0.00000205. The predicted octanol–water partition coefficient (Wildman–Crippen LogP) is 2.89. The van der Waals surface area contributed by atoms with Gasteiger partial charge in [0.1, 0.15) is 5.75 Å². The molecule has 5 rings (SSSR count). The Kier molecular flexibility index (Phi) is 5.55. The minimum absolute atomic E-state index is 0. The summed E-state index contributed by atoms with van der Waals surface area (Å²) >= 11 is 1.43. The molecule has 8 heteroatoms. The number of rotatable bonds is 4. The van der Waals surface area contributed by atoms with Crippen molar-refractivity contribution in [3.05, 3.63) is 60.9 Å². The number of halogens is 1. The molecule has 3 aromatic rings. The maximum Gasteiger partial charge on any atom is 0.328 e. The Bertz CT molecular complexity index is 1150. The molecule has 6 nitrogen and oxygen atoms in total. The Labute approximate surface area is 178 Å². The van der Waals surface area contributed by atoms with Crippen molar-refractivity contribution < 1.29 is 4.74 Å². The van der Waals surface area contributed by atoms with Gasteiger partial charge in [0.05, 0.1) is 18.0 Å². The van der Waals surface area contributed by atoms with Crippen LogP contribution in [0.1, 0.15) is 29.9 Å². The molecule has 0 bridgehead atoms. The number of hydrogen-bond donors (Lipinski definition) is 2. The van der Waals surface area contributed by atoms with Gasteiger partial charge >= 0.3 is 5.69 Å². The smallest absolute Gasteiger partial charge is 0.328 e. The van der Waals surface area contributed by atoms with Gasteiger partial charge in [-0.1, -0.05) is 12.1 Å². The van der Waals surface area contributed by atoms with Gasteiger partial charge in [-0.2, -0.15) is 0 Å². The fraction of sp³-hybridized carbons (Fsp3) is 0.429. The number of nitrogens with one attached hydrogen (secondary N) is 2. The van der Waals surface area contributed by atoms with Gasteiger partial charge < -0.3 is 15.0 Å². The van der Waals surface area contributed by atoms with Gasteiger partial charge in [0, 0.05) is 29.3 Å². The number of aromatic nitrogens is 2. The van der Waals surface area contributed by atoms with E-state index in [1.807, 2.05) is 6.07 Å². The lowest BCUT2D eigenvalue weighted by Crippen LogP contribution is -2.37. The second-order valence-electron chi connectivity index (χ2n) is 7.74. The molecule has 2 aliphatic rings. The molecule has 0 radical (unpaired) electrons. The van der Waals surface area contributed by atoms with E-state index in [0.29, 0.717) is 29.3 Å². The minimum Gasteiger partial charge on any atom is -0.496 e. The molecule has 2 N–H and O–H groups in total. The van der Waals surface area contributed by atoms with Crippen molar-refractivity contribution in [2.45, 2.75) is 37.8 Å². The normalized spacial score (nSPS) is 22.7. The summed E-state index contributed by atoms with van der Waals surface area (Å²) < 4.78 is 6.93. The summed E-state index contributed by atoms with van der Waals surface area (Å²) in [6, 6.07) is 6.56. The van der Waals surface area contributed by atoms with Crippen LogP contribution in [0.4, 0.5) is 0 Å². The first-order valence-electron chi connectivity index (χ1n) is 9.75. The first-order chi connectivity index (χ1) is 13.7. The van der Waals surface area contributed by atoms with Crippen molar-refractivity contribution in [2.75, 3.05) is 13.7 Å². The number of hydrogen-bond acceptors (Lipinski definition) is 5. The molecule has 1 aliphatic carbocycles.